The Morgan fingerprint density at radius 2 is 1.89 bits per heavy atom. The minimum atomic E-state index is -1.13. The quantitative estimate of drug-likeness (QED) is 0.248. The molecular formula is C9H16N2O5SSe. The van der Waals surface area contributed by atoms with Gasteiger partial charge in [-0.2, -0.15) is 0 Å². The SMILES string of the molecule is N[C@H](CCC(=O)C[Se]N[C@@H](CS)C(=O)O)C(=O)O. The molecule has 0 unspecified atom stereocenters. The van der Waals surface area contributed by atoms with Gasteiger partial charge in [-0.25, -0.2) is 0 Å². The number of carboxylic acid groups (broad SMARTS) is 2. The Labute approximate surface area is 116 Å². The molecule has 0 rings (SSSR count). The topological polar surface area (TPSA) is 130 Å². The van der Waals surface area contributed by atoms with Crippen molar-refractivity contribution in [3.8, 4) is 0 Å². The fourth-order valence-corrected chi connectivity index (χ4v) is 3.05. The number of carbonyl (C=O) groups is 3. The Morgan fingerprint density at radius 1 is 1.28 bits per heavy atom. The molecule has 0 aromatic heterocycles. The van der Waals surface area contributed by atoms with Crippen LogP contribution in [0.2, 0.25) is 5.32 Å². The molecule has 7 nitrogen and oxygen atoms in total. The Bertz CT molecular complexity index is 315. The van der Waals surface area contributed by atoms with E-state index < -0.39 is 24.0 Å². The van der Waals surface area contributed by atoms with Crippen molar-refractivity contribution in [2.75, 3.05) is 5.75 Å². The van der Waals surface area contributed by atoms with E-state index >= 15 is 0 Å². The molecule has 0 spiro atoms. The van der Waals surface area contributed by atoms with Gasteiger partial charge in [0.05, 0.1) is 0 Å². The number of Topliss-reactive ketones (excluding diaryl/α,β-unsaturated/α-hetero) is 1. The second-order valence-electron chi connectivity index (χ2n) is 3.50. The molecule has 0 aromatic carbocycles. The molecule has 0 saturated heterocycles. The zero-order valence-corrected chi connectivity index (χ0v) is 12.1. The molecule has 0 aliphatic heterocycles. The number of ketones is 1. The van der Waals surface area contributed by atoms with Crippen LogP contribution in [0, 0.1) is 0 Å². The molecule has 0 bridgehead atoms. The number of carbonyl (C=O) groups excluding carboxylic acids is 1. The maximum absolute atomic E-state index is 11.4. The van der Waals surface area contributed by atoms with Crippen LogP contribution in [0.3, 0.4) is 0 Å². The second-order valence-corrected chi connectivity index (χ2v) is 5.57. The third-order valence-electron chi connectivity index (χ3n) is 1.99. The minimum absolute atomic E-state index is 0.0928. The summed E-state index contributed by atoms with van der Waals surface area (Å²) in [6, 6.07) is -1.79. The molecular weight excluding hydrogens is 327 g/mol. The van der Waals surface area contributed by atoms with E-state index in [4.69, 9.17) is 15.9 Å². The summed E-state index contributed by atoms with van der Waals surface area (Å²) < 4.78 is 2.73. The van der Waals surface area contributed by atoms with E-state index in [1.165, 1.54) is 0 Å². The Kier molecular flexibility index (Phi) is 9.03. The summed E-state index contributed by atoms with van der Waals surface area (Å²) >= 11 is 3.53. The van der Waals surface area contributed by atoms with Crippen molar-refractivity contribution in [3.05, 3.63) is 0 Å². The van der Waals surface area contributed by atoms with E-state index in [1.807, 2.05) is 0 Å². The molecule has 0 aliphatic rings. The summed E-state index contributed by atoms with van der Waals surface area (Å²) in [6.07, 6.45) is 0.189. The summed E-state index contributed by atoms with van der Waals surface area (Å²) in [5, 5.41) is 17.4. The number of hydrogen-bond donors (Lipinski definition) is 5. The number of nitrogens with one attached hydrogen (secondary N) is 1. The number of rotatable bonds is 10. The summed E-state index contributed by atoms with van der Waals surface area (Å²) in [5.74, 6) is -2.11. The Balaban J connectivity index is 3.77. The van der Waals surface area contributed by atoms with Crippen LogP contribution in [-0.4, -0.2) is 60.9 Å². The van der Waals surface area contributed by atoms with Gasteiger partial charge in [-0.3, -0.25) is 0 Å². The molecule has 104 valence electrons. The summed E-state index contributed by atoms with van der Waals surface area (Å²) in [7, 11) is 0. The van der Waals surface area contributed by atoms with Gasteiger partial charge in [0, 0.05) is 0 Å². The molecule has 0 fully saturated rings. The first kappa shape index (κ1) is 17.4. The van der Waals surface area contributed by atoms with E-state index in [2.05, 4.69) is 17.0 Å². The molecule has 9 heteroatoms. The Hall–Kier alpha value is -0.601. The molecule has 2 atom stereocenters. The van der Waals surface area contributed by atoms with Gasteiger partial charge < -0.3 is 0 Å². The number of carboxylic acids is 2. The monoisotopic (exact) mass is 344 g/mol. The average Bonchev–Trinajstić information content (AvgIpc) is 2.30. The van der Waals surface area contributed by atoms with E-state index in [0.29, 0.717) is 0 Å². The zero-order valence-electron chi connectivity index (χ0n) is 9.54. The van der Waals surface area contributed by atoms with Crippen molar-refractivity contribution in [2.24, 2.45) is 5.73 Å². The van der Waals surface area contributed by atoms with Gasteiger partial charge in [-0.05, 0) is 0 Å². The van der Waals surface area contributed by atoms with Crippen molar-refractivity contribution in [1.82, 2.24) is 4.33 Å². The fraction of sp³-hybridized carbons (Fsp3) is 0.667. The van der Waals surface area contributed by atoms with Gasteiger partial charge in [0.2, 0.25) is 0 Å². The number of aliphatic carboxylic acids is 2. The standard InChI is InChI=1S/C9H16N2O5SSe/c10-6(8(13)14)2-1-5(12)4-18-11-7(3-17)9(15)16/h6-7,11,17H,1-4,10H2,(H,13,14)(H,15,16)/t6-,7+/m1/s1. The molecule has 5 N–H and O–H groups in total. The van der Waals surface area contributed by atoms with Gasteiger partial charge in [0.25, 0.3) is 0 Å². The van der Waals surface area contributed by atoms with Gasteiger partial charge >= 0.3 is 116 Å². The molecule has 0 radical (unpaired) electrons. The van der Waals surface area contributed by atoms with E-state index in [-0.39, 0.29) is 44.9 Å². The van der Waals surface area contributed by atoms with Gasteiger partial charge in [-0.15, -0.1) is 0 Å². The van der Waals surface area contributed by atoms with Crippen molar-refractivity contribution < 1.29 is 24.6 Å². The van der Waals surface area contributed by atoms with Gasteiger partial charge in [-0.1, -0.05) is 0 Å². The second kappa shape index (κ2) is 9.35. The van der Waals surface area contributed by atoms with Crippen LogP contribution in [0.5, 0.6) is 0 Å². The van der Waals surface area contributed by atoms with Crippen molar-refractivity contribution >= 4 is 45.5 Å². The van der Waals surface area contributed by atoms with Crippen LogP contribution in [-0.2, 0) is 14.4 Å². The fourth-order valence-electron chi connectivity index (χ4n) is 0.901. The van der Waals surface area contributed by atoms with Crippen molar-refractivity contribution in [1.29, 1.82) is 0 Å². The average molecular weight is 343 g/mol. The third-order valence-corrected chi connectivity index (χ3v) is 4.28. The van der Waals surface area contributed by atoms with Crippen LogP contribution >= 0.6 is 12.6 Å². The molecule has 0 saturated carbocycles. The number of hydrogen-bond acceptors (Lipinski definition) is 6. The molecule has 18 heavy (non-hydrogen) atoms. The third kappa shape index (κ3) is 7.67. The van der Waals surface area contributed by atoms with Crippen molar-refractivity contribution in [3.63, 3.8) is 0 Å². The summed E-state index contributed by atoms with van der Waals surface area (Å²) in [6.45, 7) is 0. The zero-order chi connectivity index (χ0) is 14.1. The Morgan fingerprint density at radius 3 is 2.33 bits per heavy atom. The number of nitrogens with two attached hydrogens (primary N) is 1. The van der Waals surface area contributed by atoms with Crippen LogP contribution in [0.1, 0.15) is 12.8 Å². The van der Waals surface area contributed by atoms with Crippen LogP contribution in [0.15, 0.2) is 0 Å². The molecule has 0 heterocycles. The molecule has 0 aliphatic carbocycles. The van der Waals surface area contributed by atoms with E-state index in [0.717, 1.165) is 0 Å². The first-order valence-electron chi connectivity index (χ1n) is 5.09. The van der Waals surface area contributed by atoms with Crippen LogP contribution in [0.25, 0.3) is 0 Å². The van der Waals surface area contributed by atoms with E-state index in [1.54, 1.807) is 0 Å². The predicted molar refractivity (Wildman–Crippen MR) is 68.8 cm³/mol. The first-order chi connectivity index (χ1) is 8.38. The van der Waals surface area contributed by atoms with Crippen molar-refractivity contribution in [2.45, 2.75) is 30.2 Å². The maximum atomic E-state index is 11.4. The number of thiol groups is 1. The molecule has 0 amide bonds. The summed E-state index contributed by atoms with van der Waals surface area (Å²) in [5.41, 5.74) is 5.25. The van der Waals surface area contributed by atoms with Crippen LogP contribution in [0.4, 0.5) is 0 Å². The van der Waals surface area contributed by atoms with E-state index in [9.17, 15) is 14.4 Å². The normalized spacial score (nSPS) is 13.9. The van der Waals surface area contributed by atoms with Gasteiger partial charge in [0.15, 0.2) is 0 Å². The first-order valence-corrected chi connectivity index (χ1v) is 7.79. The van der Waals surface area contributed by atoms with Crippen LogP contribution < -0.4 is 10.1 Å². The summed E-state index contributed by atoms with van der Waals surface area (Å²) in [4.78, 5) is 32.4. The molecule has 0 aromatic rings. The predicted octanol–water partition coefficient (Wildman–Crippen LogP) is -1.24. The van der Waals surface area contributed by atoms with Gasteiger partial charge in [0.1, 0.15) is 0 Å².